The van der Waals surface area contributed by atoms with Gasteiger partial charge in [-0.25, -0.2) is 0 Å². The van der Waals surface area contributed by atoms with Crippen LogP contribution in [-0.4, -0.2) is 12.6 Å². The van der Waals surface area contributed by atoms with Gasteiger partial charge in [-0.15, -0.1) is 0 Å². The molecule has 0 aliphatic heterocycles. The fraction of sp³-hybridized carbons (Fsp3) is 0.333. The minimum Gasteiger partial charge on any atom is -0.489 e. The summed E-state index contributed by atoms with van der Waals surface area (Å²) in [6.07, 6.45) is -3.04. The highest BCUT2D eigenvalue weighted by Crippen LogP contribution is 2.31. The standard InChI is InChI=1S/C15H16F3NO2/c1-11(9-19-10-14-6-3-7-20-14)21-13-5-2-4-12(8-13)15(16,17)18/h2-8,11,19H,9-10H2,1H3. The van der Waals surface area contributed by atoms with Crippen molar-refractivity contribution < 1.29 is 22.3 Å². The molecule has 0 aliphatic rings. The van der Waals surface area contributed by atoms with Crippen LogP contribution in [0.15, 0.2) is 47.1 Å². The Kier molecular flexibility index (Phi) is 4.90. The SMILES string of the molecule is CC(CNCc1ccco1)Oc1cccc(C(F)(F)F)c1. The molecule has 0 bridgehead atoms. The Labute approximate surface area is 120 Å². The van der Waals surface area contributed by atoms with E-state index in [1.807, 2.05) is 6.07 Å². The molecular formula is C15H16F3NO2. The normalized spacial score (nSPS) is 13.1. The summed E-state index contributed by atoms with van der Waals surface area (Å²) in [7, 11) is 0. The molecule has 1 aromatic heterocycles. The van der Waals surface area contributed by atoms with Crippen LogP contribution in [-0.2, 0) is 12.7 Å². The predicted octanol–water partition coefficient (Wildman–Crippen LogP) is 3.86. The van der Waals surface area contributed by atoms with Gasteiger partial charge in [0.2, 0.25) is 0 Å². The summed E-state index contributed by atoms with van der Waals surface area (Å²) in [5.41, 5.74) is -0.712. The number of ether oxygens (including phenoxy) is 1. The molecule has 21 heavy (non-hydrogen) atoms. The van der Waals surface area contributed by atoms with E-state index in [1.54, 1.807) is 19.3 Å². The summed E-state index contributed by atoms with van der Waals surface area (Å²) in [5.74, 6) is 0.999. The molecule has 1 atom stereocenters. The van der Waals surface area contributed by atoms with E-state index in [4.69, 9.17) is 9.15 Å². The molecule has 2 aromatic rings. The Morgan fingerprint density at radius 3 is 2.71 bits per heavy atom. The van der Waals surface area contributed by atoms with Crippen molar-refractivity contribution in [3.8, 4) is 5.75 Å². The van der Waals surface area contributed by atoms with Crippen molar-refractivity contribution in [2.75, 3.05) is 6.54 Å². The number of alkyl halides is 3. The van der Waals surface area contributed by atoms with Gasteiger partial charge in [0.25, 0.3) is 0 Å². The first-order valence-electron chi connectivity index (χ1n) is 6.52. The van der Waals surface area contributed by atoms with Crippen molar-refractivity contribution in [3.63, 3.8) is 0 Å². The van der Waals surface area contributed by atoms with Gasteiger partial charge in [-0.2, -0.15) is 13.2 Å². The first-order chi connectivity index (χ1) is 9.95. The monoisotopic (exact) mass is 299 g/mol. The predicted molar refractivity (Wildman–Crippen MR) is 71.9 cm³/mol. The maximum absolute atomic E-state index is 12.6. The van der Waals surface area contributed by atoms with E-state index in [0.29, 0.717) is 13.1 Å². The molecule has 0 saturated carbocycles. The molecular weight excluding hydrogens is 283 g/mol. The van der Waals surface area contributed by atoms with Gasteiger partial charge in [-0.3, -0.25) is 0 Å². The Balaban J connectivity index is 1.83. The largest absolute Gasteiger partial charge is 0.489 e. The molecule has 1 unspecified atom stereocenters. The van der Waals surface area contributed by atoms with E-state index in [2.05, 4.69) is 5.32 Å². The summed E-state index contributed by atoms with van der Waals surface area (Å²) >= 11 is 0. The molecule has 0 spiro atoms. The highest BCUT2D eigenvalue weighted by Gasteiger charge is 2.30. The van der Waals surface area contributed by atoms with Crippen LogP contribution in [0.2, 0.25) is 0 Å². The lowest BCUT2D eigenvalue weighted by atomic mass is 10.2. The summed E-state index contributed by atoms with van der Waals surface area (Å²) in [5, 5.41) is 3.11. The molecule has 0 saturated heterocycles. The maximum Gasteiger partial charge on any atom is 0.416 e. The first-order valence-corrected chi connectivity index (χ1v) is 6.52. The third-order valence-corrected chi connectivity index (χ3v) is 2.81. The van der Waals surface area contributed by atoms with Crippen LogP contribution in [0.1, 0.15) is 18.2 Å². The number of nitrogens with one attached hydrogen (secondary N) is 1. The fourth-order valence-corrected chi connectivity index (χ4v) is 1.83. The zero-order valence-electron chi connectivity index (χ0n) is 11.5. The lowest BCUT2D eigenvalue weighted by Crippen LogP contribution is -2.28. The van der Waals surface area contributed by atoms with Crippen molar-refractivity contribution in [2.45, 2.75) is 25.7 Å². The molecule has 114 valence electrons. The van der Waals surface area contributed by atoms with E-state index in [-0.39, 0.29) is 11.9 Å². The molecule has 0 amide bonds. The highest BCUT2D eigenvalue weighted by molar-refractivity contribution is 5.30. The highest BCUT2D eigenvalue weighted by atomic mass is 19.4. The van der Waals surface area contributed by atoms with Crippen LogP contribution in [0.25, 0.3) is 0 Å². The van der Waals surface area contributed by atoms with Crippen molar-refractivity contribution >= 4 is 0 Å². The summed E-state index contributed by atoms with van der Waals surface area (Å²) in [6, 6.07) is 8.50. The van der Waals surface area contributed by atoms with E-state index in [1.165, 1.54) is 12.1 Å². The van der Waals surface area contributed by atoms with Crippen LogP contribution in [0.5, 0.6) is 5.75 Å². The zero-order valence-corrected chi connectivity index (χ0v) is 11.5. The van der Waals surface area contributed by atoms with Gasteiger partial charge in [-0.1, -0.05) is 6.07 Å². The smallest absolute Gasteiger partial charge is 0.416 e. The van der Waals surface area contributed by atoms with Crippen molar-refractivity contribution in [1.29, 1.82) is 0 Å². The number of hydrogen-bond donors (Lipinski definition) is 1. The third kappa shape index (κ3) is 4.82. The van der Waals surface area contributed by atoms with Gasteiger partial charge in [0.05, 0.1) is 18.4 Å². The third-order valence-electron chi connectivity index (χ3n) is 2.81. The second-order valence-corrected chi connectivity index (χ2v) is 4.66. The van der Waals surface area contributed by atoms with Gasteiger partial charge >= 0.3 is 6.18 Å². The molecule has 6 heteroatoms. The quantitative estimate of drug-likeness (QED) is 0.879. The minimum absolute atomic E-state index is 0.206. The second kappa shape index (κ2) is 6.67. The average Bonchev–Trinajstić information content (AvgIpc) is 2.91. The maximum atomic E-state index is 12.6. The summed E-state index contributed by atoms with van der Waals surface area (Å²) in [6.45, 7) is 2.83. The van der Waals surface area contributed by atoms with Crippen LogP contribution in [0, 0.1) is 0 Å². The zero-order chi connectivity index (χ0) is 15.3. The second-order valence-electron chi connectivity index (χ2n) is 4.66. The molecule has 2 rings (SSSR count). The van der Waals surface area contributed by atoms with Gasteiger partial charge in [0.15, 0.2) is 0 Å². The van der Waals surface area contributed by atoms with Crippen LogP contribution < -0.4 is 10.1 Å². The van der Waals surface area contributed by atoms with Crippen LogP contribution >= 0.6 is 0 Å². The van der Waals surface area contributed by atoms with Crippen LogP contribution in [0.4, 0.5) is 13.2 Å². The topological polar surface area (TPSA) is 34.4 Å². The van der Waals surface area contributed by atoms with Crippen molar-refractivity contribution in [3.05, 3.63) is 54.0 Å². The molecule has 3 nitrogen and oxygen atoms in total. The lowest BCUT2D eigenvalue weighted by Gasteiger charge is -2.16. The Hall–Kier alpha value is -1.95. The Morgan fingerprint density at radius 1 is 1.24 bits per heavy atom. The van der Waals surface area contributed by atoms with Gasteiger partial charge < -0.3 is 14.5 Å². The lowest BCUT2D eigenvalue weighted by molar-refractivity contribution is -0.137. The number of hydrogen-bond acceptors (Lipinski definition) is 3. The van der Waals surface area contributed by atoms with E-state index in [9.17, 15) is 13.2 Å². The van der Waals surface area contributed by atoms with E-state index in [0.717, 1.165) is 17.9 Å². The summed E-state index contributed by atoms with van der Waals surface area (Å²) in [4.78, 5) is 0. The number of rotatable bonds is 6. The van der Waals surface area contributed by atoms with Gasteiger partial charge in [-0.05, 0) is 37.3 Å². The van der Waals surface area contributed by atoms with Gasteiger partial charge in [0, 0.05) is 6.54 Å². The molecule has 0 radical (unpaired) electrons. The summed E-state index contributed by atoms with van der Waals surface area (Å²) < 4.78 is 48.4. The van der Waals surface area contributed by atoms with Gasteiger partial charge in [0.1, 0.15) is 17.6 Å². The molecule has 0 fully saturated rings. The fourth-order valence-electron chi connectivity index (χ4n) is 1.83. The number of halogens is 3. The van der Waals surface area contributed by atoms with E-state index >= 15 is 0 Å². The average molecular weight is 299 g/mol. The van der Waals surface area contributed by atoms with E-state index < -0.39 is 11.7 Å². The molecule has 0 aliphatic carbocycles. The Bertz CT molecular complexity index is 552. The van der Waals surface area contributed by atoms with Crippen molar-refractivity contribution in [2.24, 2.45) is 0 Å². The molecule has 1 heterocycles. The number of benzene rings is 1. The van der Waals surface area contributed by atoms with Crippen LogP contribution in [0.3, 0.4) is 0 Å². The first kappa shape index (κ1) is 15.4. The molecule has 1 N–H and O–H groups in total. The number of furan rings is 1. The van der Waals surface area contributed by atoms with Crippen molar-refractivity contribution in [1.82, 2.24) is 5.32 Å². The minimum atomic E-state index is -4.36. The molecule has 1 aromatic carbocycles. The Morgan fingerprint density at radius 2 is 2.05 bits per heavy atom.